The molecule has 0 saturated heterocycles. The van der Waals surface area contributed by atoms with E-state index in [9.17, 15) is 14.4 Å². The molecule has 1 aliphatic rings. The van der Waals surface area contributed by atoms with Gasteiger partial charge in [0.1, 0.15) is 6.10 Å². The molecule has 0 aromatic rings. The first-order valence-electron chi connectivity index (χ1n) is 7.26. The van der Waals surface area contributed by atoms with E-state index in [1.165, 1.54) is 0 Å². The first-order chi connectivity index (χ1) is 9.31. The van der Waals surface area contributed by atoms with Crippen LogP contribution in [-0.2, 0) is 19.1 Å². The Morgan fingerprint density at radius 3 is 2.40 bits per heavy atom. The van der Waals surface area contributed by atoms with Crippen LogP contribution in [0.25, 0.3) is 0 Å². The van der Waals surface area contributed by atoms with E-state index in [4.69, 9.17) is 9.84 Å². The smallest absolute Gasteiger partial charge is 0.374 e. The standard InChI is InChI=1S/C15H24O5/c1-9(2)11-5-4-10(3)8-13(11)20-15(19)12(16)6-7-14(17)18/h9-11,13H,4-8H2,1-3H3,(H,17,18)/t10-,11+,13?/m0/s1. The number of rotatable bonds is 6. The van der Waals surface area contributed by atoms with Crippen molar-refractivity contribution in [2.24, 2.45) is 17.8 Å². The largest absolute Gasteiger partial charge is 0.481 e. The van der Waals surface area contributed by atoms with Crippen LogP contribution in [0, 0.1) is 17.8 Å². The van der Waals surface area contributed by atoms with E-state index < -0.39 is 17.7 Å². The molecule has 0 aromatic carbocycles. The maximum atomic E-state index is 11.7. The molecule has 5 heteroatoms. The Kier molecular flexibility index (Phi) is 6.17. The van der Waals surface area contributed by atoms with Gasteiger partial charge in [-0.1, -0.05) is 27.2 Å². The first-order valence-corrected chi connectivity index (χ1v) is 7.26. The maximum absolute atomic E-state index is 11.7. The molecule has 0 aromatic heterocycles. The van der Waals surface area contributed by atoms with E-state index in [1.54, 1.807) is 0 Å². The molecular weight excluding hydrogens is 260 g/mol. The third-order valence-electron chi connectivity index (χ3n) is 4.01. The molecule has 1 unspecified atom stereocenters. The van der Waals surface area contributed by atoms with Crippen molar-refractivity contribution in [1.29, 1.82) is 0 Å². The predicted molar refractivity (Wildman–Crippen MR) is 73.1 cm³/mol. The van der Waals surface area contributed by atoms with Crippen molar-refractivity contribution in [3.8, 4) is 0 Å². The Bertz CT molecular complexity index is 374. The van der Waals surface area contributed by atoms with Crippen LogP contribution in [0.15, 0.2) is 0 Å². The Morgan fingerprint density at radius 1 is 1.20 bits per heavy atom. The van der Waals surface area contributed by atoms with Gasteiger partial charge in [-0.2, -0.15) is 0 Å². The lowest BCUT2D eigenvalue weighted by molar-refractivity contribution is -0.163. The number of Topliss-reactive ketones (excluding diaryl/α,β-unsaturated/α-hetero) is 1. The number of esters is 1. The maximum Gasteiger partial charge on any atom is 0.374 e. The van der Waals surface area contributed by atoms with Crippen LogP contribution in [0.2, 0.25) is 0 Å². The fraction of sp³-hybridized carbons (Fsp3) is 0.800. The Morgan fingerprint density at radius 2 is 1.85 bits per heavy atom. The third-order valence-corrected chi connectivity index (χ3v) is 4.01. The van der Waals surface area contributed by atoms with E-state index in [0.717, 1.165) is 19.3 Å². The van der Waals surface area contributed by atoms with E-state index in [1.807, 2.05) is 0 Å². The molecule has 0 spiro atoms. The molecule has 1 saturated carbocycles. The van der Waals surface area contributed by atoms with Gasteiger partial charge in [-0.25, -0.2) is 4.79 Å². The van der Waals surface area contributed by atoms with Gasteiger partial charge in [0, 0.05) is 6.42 Å². The van der Waals surface area contributed by atoms with Crippen molar-refractivity contribution >= 4 is 17.7 Å². The number of ether oxygens (including phenoxy) is 1. The lowest BCUT2D eigenvalue weighted by Crippen LogP contribution is -2.37. The van der Waals surface area contributed by atoms with Crippen molar-refractivity contribution < 1.29 is 24.2 Å². The van der Waals surface area contributed by atoms with Crippen molar-refractivity contribution in [3.05, 3.63) is 0 Å². The van der Waals surface area contributed by atoms with E-state index in [-0.39, 0.29) is 24.9 Å². The number of carboxylic acid groups (broad SMARTS) is 1. The van der Waals surface area contributed by atoms with Crippen LogP contribution in [0.5, 0.6) is 0 Å². The first kappa shape index (κ1) is 16.7. The highest BCUT2D eigenvalue weighted by molar-refractivity contribution is 6.33. The normalized spacial score (nSPS) is 26.3. The summed E-state index contributed by atoms with van der Waals surface area (Å²) in [6.07, 6.45) is 2.05. The lowest BCUT2D eigenvalue weighted by Gasteiger charge is -2.36. The van der Waals surface area contributed by atoms with Gasteiger partial charge in [0.05, 0.1) is 6.42 Å². The molecule has 5 nitrogen and oxygen atoms in total. The fourth-order valence-electron chi connectivity index (χ4n) is 2.78. The summed E-state index contributed by atoms with van der Waals surface area (Å²) in [6.45, 7) is 6.30. The average Bonchev–Trinajstić information content (AvgIpc) is 2.35. The van der Waals surface area contributed by atoms with E-state index in [0.29, 0.717) is 11.8 Å². The minimum Gasteiger partial charge on any atom is -0.481 e. The quantitative estimate of drug-likeness (QED) is 0.598. The highest BCUT2D eigenvalue weighted by atomic mass is 16.5. The van der Waals surface area contributed by atoms with Gasteiger partial charge >= 0.3 is 11.9 Å². The highest BCUT2D eigenvalue weighted by Crippen LogP contribution is 2.35. The SMILES string of the molecule is CC(C)[C@H]1CC[C@H](C)CC1OC(=O)C(=O)CCC(=O)O. The highest BCUT2D eigenvalue weighted by Gasteiger charge is 2.34. The number of aliphatic carboxylic acids is 1. The Labute approximate surface area is 119 Å². The summed E-state index contributed by atoms with van der Waals surface area (Å²) < 4.78 is 5.35. The minimum atomic E-state index is -1.09. The van der Waals surface area contributed by atoms with Crippen LogP contribution in [0.3, 0.4) is 0 Å². The van der Waals surface area contributed by atoms with Crippen LogP contribution < -0.4 is 0 Å². The number of hydrogen-bond acceptors (Lipinski definition) is 4. The summed E-state index contributed by atoms with van der Waals surface area (Å²) in [4.78, 5) is 33.7. The number of carbonyl (C=O) groups excluding carboxylic acids is 2. The second-order valence-electron chi connectivity index (χ2n) is 6.09. The Hall–Kier alpha value is -1.39. The average molecular weight is 284 g/mol. The molecule has 20 heavy (non-hydrogen) atoms. The molecule has 1 fully saturated rings. The second-order valence-corrected chi connectivity index (χ2v) is 6.09. The van der Waals surface area contributed by atoms with Gasteiger partial charge in [0.2, 0.25) is 5.78 Å². The zero-order valence-corrected chi connectivity index (χ0v) is 12.4. The van der Waals surface area contributed by atoms with Crippen LogP contribution in [0.4, 0.5) is 0 Å². The summed E-state index contributed by atoms with van der Waals surface area (Å²) in [5.41, 5.74) is 0. The topological polar surface area (TPSA) is 80.7 Å². The van der Waals surface area contributed by atoms with Gasteiger partial charge in [0.25, 0.3) is 0 Å². The van der Waals surface area contributed by atoms with Crippen molar-refractivity contribution in [1.82, 2.24) is 0 Å². The second kappa shape index (κ2) is 7.41. The van der Waals surface area contributed by atoms with Gasteiger partial charge in [-0.05, 0) is 30.6 Å². The zero-order chi connectivity index (χ0) is 15.3. The van der Waals surface area contributed by atoms with Crippen molar-refractivity contribution in [2.45, 2.75) is 59.0 Å². The van der Waals surface area contributed by atoms with Gasteiger partial charge in [0.15, 0.2) is 0 Å². The van der Waals surface area contributed by atoms with Gasteiger partial charge in [-0.15, -0.1) is 0 Å². The molecule has 1 N–H and O–H groups in total. The molecule has 0 radical (unpaired) electrons. The fourth-order valence-corrected chi connectivity index (χ4v) is 2.78. The molecule has 3 atom stereocenters. The number of carbonyl (C=O) groups is 3. The van der Waals surface area contributed by atoms with Gasteiger partial charge < -0.3 is 9.84 Å². The molecule has 0 aliphatic heterocycles. The lowest BCUT2D eigenvalue weighted by atomic mass is 9.75. The predicted octanol–water partition coefficient (Wildman–Crippen LogP) is 2.42. The molecule has 1 aliphatic carbocycles. The van der Waals surface area contributed by atoms with E-state index >= 15 is 0 Å². The van der Waals surface area contributed by atoms with E-state index in [2.05, 4.69) is 20.8 Å². The summed E-state index contributed by atoms with van der Waals surface area (Å²) in [5.74, 6) is -1.55. The molecule has 0 heterocycles. The summed E-state index contributed by atoms with van der Waals surface area (Å²) in [7, 11) is 0. The number of carboxylic acids is 1. The summed E-state index contributed by atoms with van der Waals surface area (Å²) in [6, 6.07) is 0. The Balaban J connectivity index is 2.56. The molecule has 0 amide bonds. The van der Waals surface area contributed by atoms with Crippen LogP contribution in [-0.4, -0.2) is 28.9 Å². The zero-order valence-electron chi connectivity index (χ0n) is 12.4. The number of ketones is 1. The minimum absolute atomic E-state index is 0.222. The monoisotopic (exact) mass is 284 g/mol. The summed E-state index contributed by atoms with van der Waals surface area (Å²) >= 11 is 0. The van der Waals surface area contributed by atoms with Crippen LogP contribution in [0.1, 0.15) is 52.9 Å². The van der Waals surface area contributed by atoms with Crippen molar-refractivity contribution in [2.75, 3.05) is 0 Å². The van der Waals surface area contributed by atoms with Crippen LogP contribution >= 0.6 is 0 Å². The molecule has 1 rings (SSSR count). The molecule has 0 bridgehead atoms. The van der Waals surface area contributed by atoms with Crippen molar-refractivity contribution in [3.63, 3.8) is 0 Å². The molecule has 114 valence electrons. The van der Waals surface area contributed by atoms with Gasteiger partial charge in [-0.3, -0.25) is 9.59 Å². The summed E-state index contributed by atoms with van der Waals surface area (Å²) in [5, 5.41) is 8.51. The number of hydrogen-bond donors (Lipinski definition) is 1. The third kappa shape index (κ3) is 4.94. The molecular formula is C15H24O5.